The molecular weight excluding hydrogens is 334 g/mol. The van der Waals surface area contributed by atoms with Crippen LogP contribution in [-0.4, -0.2) is 14.2 Å². The van der Waals surface area contributed by atoms with Gasteiger partial charge in [0.05, 0.1) is 4.90 Å². The number of rotatable bonds is 4. The summed E-state index contributed by atoms with van der Waals surface area (Å²) >= 11 is 0. The fraction of sp³-hybridized carbons (Fsp3) is 0.250. The second-order valence-electron chi connectivity index (χ2n) is 3.04. The van der Waals surface area contributed by atoms with E-state index in [9.17, 15) is 8.42 Å². The second kappa shape index (κ2) is 5.55. The summed E-state index contributed by atoms with van der Waals surface area (Å²) in [5, 5.41) is 0. The molecule has 0 aliphatic carbocycles. The van der Waals surface area contributed by atoms with E-state index in [0.717, 1.165) is 5.56 Å². The van der Waals surface area contributed by atoms with Crippen molar-refractivity contribution in [3.8, 4) is 0 Å². The molecule has 1 aromatic rings. The molecule has 0 atom stereocenters. The van der Waals surface area contributed by atoms with Crippen molar-refractivity contribution in [1.82, 2.24) is 0 Å². The Hall–Kier alpha value is 0.680. The number of halogens is 4. The van der Waals surface area contributed by atoms with Crippen LogP contribution in [-0.2, 0) is 15.5 Å². The zero-order chi connectivity index (χ0) is 12.4. The fourth-order valence-electron chi connectivity index (χ4n) is 1.05. The summed E-state index contributed by atoms with van der Waals surface area (Å²) in [6.07, 6.45) is 0.592. The maximum atomic E-state index is 11.0. The normalized spacial score (nSPS) is 13.8. The summed E-state index contributed by atoms with van der Waals surface area (Å²) in [6, 6.07) is 6.19. The highest BCUT2D eigenvalue weighted by atomic mass is 36.2. The molecule has 0 unspecified atom stereocenters. The van der Waals surface area contributed by atoms with Gasteiger partial charge in [-0.3, -0.25) is 0 Å². The summed E-state index contributed by atoms with van der Waals surface area (Å²) in [6.45, 7) is 0. The van der Waals surface area contributed by atoms with Crippen molar-refractivity contribution < 1.29 is 8.42 Å². The van der Waals surface area contributed by atoms with Gasteiger partial charge in [-0.2, -0.15) is 0 Å². The smallest absolute Gasteiger partial charge is 0.207 e. The Morgan fingerprint density at radius 2 is 1.44 bits per heavy atom. The van der Waals surface area contributed by atoms with Gasteiger partial charge in [0.25, 0.3) is 9.05 Å². The third-order valence-electron chi connectivity index (χ3n) is 1.83. The molecule has 0 saturated heterocycles. The van der Waals surface area contributed by atoms with Gasteiger partial charge in [0, 0.05) is 16.4 Å². The van der Waals surface area contributed by atoms with Crippen molar-refractivity contribution in [3.63, 3.8) is 0 Å². The third kappa shape index (κ3) is 5.34. The maximum Gasteiger partial charge on any atom is 0.261 e. The minimum atomic E-state index is -3.66. The molecule has 0 aromatic heterocycles. The van der Waals surface area contributed by atoms with Crippen molar-refractivity contribution >= 4 is 59.4 Å². The van der Waals surface area contributed by atoms with Crippen LogP contribution in [0.3, 0.4) is 0 Å². The van der Waals surface area contributed by atoms with E-state index in [0.29, 0.717) is 12.2 Å². The van der Waals surface area contributed by atoms with Gasteiger partial charge in [-0.15, -0.1) is 0 Å². The highest BCUT2D eigenvalue weighted by Gasteiger charge is 2.14. The van der Waals surface area contributed by atoms with E-state index in [1.165, 1.54) is 12.1 Å². The van der Waals surface area contributed by atoms with Gasteiger partial charge in [0.15, 0.2) is 0 Å². The predicted octanol–water partition coefficient (Wildman–Crippen LogP) is 4.42. The van der Waals surface area contributed by atoms with Gasteiger partial charge in [-0.05, 0) is 63.8 Å². The lowest BCUT2D eigenvalue weighted by molar-refractivity contribution is 0.609. The van der Waals surface area contributed by atoms with Crippen LogP contribution >= 0.6 is 50.4 Å². The monoisotopic (exact) mass is 340 g/mol. The molecule has 0 radical (unpaired) electrons. The van der Waals surface area contributed by atoms with Gasteiger partial charge < -0.3 is 0 Å². The summed E-state index contributed by atoms with van der Waals surface area (Å²) in [5.74, 6) is 0.449. The Labute approximate surface area is 114 Å². The maximum absolute atomic E-state index is 11.0. The van der Waals surface area contributed by atoms with Crippen molar-refractivity contribution in [1.29, 1.82) is 0 Å². The molecule has 0 heterocycles. The zero-order valence-corrected chi connectivity index (χ0v) is 12.5. The first-order valence-electron chi connectivity index (χ1n) is 4.12. The molecule has 2 nitrogen and oxygen atoms in total. The number of aryl methyl sites for hydroxylation is 1. The van der Waals surface area contributed by atoms with Crippen LogP contribution in [0.4, 0.5) is 0 Å². The van der Waals surface area contributed by atoms with Gasteiger partial charge in [-0.1, -0.05) is 12.1 Å². The van der Waals surface area contributed by atoms with E-state index < -0.39 is 16.7 Å². The summed E-state index contributed by atoms with van der Waals surface area (Å²) in [5.41, 5.74) is 0.905. The van der Waals surface area contributed by atoms with Gasteiger partial charge in [0.2, 0.25) is 0 Å². The molecule has 0 bridgehead atoms. The first-order valence-corrected chi connectivity index (χ1v) is 10.7. The topological polar surface area (TPSA) is 34.1 Å². The lowest BCUT2D eigenvalue weighted by Gasteiger charge is -2.14. The molecule has 0 amide bonds. The molecule has 92 valence electrons. The van der Waals surface area contributed by atoms with Crippen LogP contribution in [0.15, 0.2) is 29.2 Å². The standard InChI is InChI=1S/C8H8Cl4O2S2/c9-15(10,11)6-5-7-1-3-8(4-2-7)16(12,13)14/h1-4H,5-6H2. The SMILES string of the molecule is O=S(=O)(Cl)c1ccc(CCS(Cl)(Cl)Cl)cc1. The molecule has 0 fully saturated rings. The molecule has 1 rings (SSSR count). The van der Waals surface area contributed by atoms with Crippen LogP contribution < -0.4 is 0 Å². The molecular formula is C8H8Cl4O2S2. The first kappa shape index (κ1) is 14.7. The fourth-order valence-corrected chi connectivity index (χ4v) is 2.98. The number of hydrogen-bond acceptors (Lipinski definition) is 2. The van der Waals surface area contributed by atoms with E-state index >= 15 is 0 Å². The molecule has 0 aliphatic rings. The summed E-state index contributed by atoms with van der Waals surface area (Å²) < 4.78 is 21.9. The average molecular weight is 342 g/mol. The Balaban J connectivity index is 2.73. The quantitative estimate of drug-likeness (QED) is 0.759. The van der Waals surface area contributed by atoms with Crippen LogP contribution in [0.1, 0.15) is 5.56 Å². The van der Waals surface area contributed by atoms with E-state index in [1.807, 2.05) is 0 Å². The minimum absolute atomic E-state index is 0.0687. The molecule has 0 N–H and O–H groups in total. The summed E-state index contributed by atoms with van der Waals surface area (Å²) in [7, 11) is 16.5. The highest BCUT2D eigenvalue weighted by Crippen LogP contribution is 2.63. The molecule has 0 aliphatic heterocycles. The number of benzene rings is 1. The van der Waals surface area contributed by atoms with Gasteiger partial charge in [0.1, 0.15) is 0 Å². The first-order chi connectivity index (χ1) is 7.18. The Morgan fingerprint density at radius 3 is 1.81 bits per heavy atom. The lowest BCUT2D eigenvalue weighted by Crippen LogP contribution is -1.94. The molecule has 16 heavy (non-hydrogen) atoms. The van der Waals surface area contributed by atoms with Crippen molar-refractivity contribution in [2.24, 2.45) is 0 Å². The van der Waals surface area contributed by atoms with E-state index in [2.05, 4.69) is 0 Å². The van der Waals surface area contributed by atoms with Crippen LogP contribution in [0.25, 0.3) is 0 Å². The minimum Gasteiger partial charge on any atom is -0.207 e. The Morgan fingerprint density at radius 1 is 0.938 bits per heavy atom. The van der Waals surface area contributed by atoms with E-state index in [4.69, 9.17) is 42.7 Å². The Kier molecular flexibility index (Phi) is 5.11. The van der Waals surface area contributed by atoms with Crippen molar-refractivity contribution in [3.05, 3.63) is 29.8 Å². The van der Waals surface area contributed by atoms with Crippen molar-refractivity contribution in [2.75, 3.05) is 5.75 Å². The van der Waals surface area contributed by atoms with Crippen LogP contribution in [0.5, 0.6) is 0 Å². The van der Waals surface area contributed by atoms with Crippen LogP contribution in [0, 0.1) is 0 Å². The third-order valence-corrected chi connectivity index (χ3v) is 5.25. The largest absolute Gasteiger partial charge is 0.261 e. The van der Waals surface area contributed by atoms with Crippen LogP contribution in [0.2, 0.25) is 0 Å². The number of hydrogen-bond donors (Lipinski definition) is 0. The second-order valence-corrected chi connectivity index (χ2v) is 13.2. The lowest BCUT2D eigenvalue weighted by atomic mass is 10.2. The zero-order valence-electron chi connectivity index (χ0n) is 7.87. The Bertz CT molecular complexity index is 450. The molecule has 8 heteroatoms. The average Bonchev–Trinajstić information content (AvgIpc) is 2.13. The summed E-state index contributed by atoms with van der Waals surface area (Å²) in [4.78, 5) is 0.0687. The predicted molar refractivity (Wildman–Crippen MR) is 73.2 cm³/mol. The van der Waals surface area contributed by atoms with Gasteiger partial charge in [-0.25, -0.2) is 8.42 Å². The van der Waals surface area contributed by atoms with E-state index in [1.54, 1.807) is 12.1 Å². The molecule has 0 saturated carbocycles. The van der Waals surface area contributed by atoms with Gasteiger partial charge >= 0.3 is 0 Å². The van der Waals surface area contributed by atoms with Crippen molar-refractivity contribution in [2.45, 2.75) is 11.3 Å². The highest BCUT2D eigenvalue weighted by molar-refractivity contribution is 8.79. The van der Waals surface area contributed by atoms with E-state index in [-0.39, 0.29) is 4.90 Å². The molecule has 1 aromatic carbocycles. The molecule has 0 spiro atoms.